The molecule has 0 saturated carbocycles. The second-order valence-electron chi connectivity index (χ2n) is 43.7. The highest BCUT2D eigenvalue weighted by atomic mass is 16.5. The van der Waals surface area contributed by atoms with Crippen molar-refractivity contribution < 1.29 is 92.2 Å². The lowest BCUT2D eigenvalue weighted by Crippen LogP contribution is -2.48. The standard InChI is InChI=1S/C127H236N10O10/c1-33-109-99-121(141-87-67-77-131(43-11,44-12)45-13)111(101-120(109)140-86-66-76-130(40-8,41-9)42-10)96-113-103-125(145-91-71-81-135(55-23,56-24)57-25)115(105-124(113)144-90-70-80-134(52-20,53-21)54-22)98-117-107-126(146-92-72-82-136(58-26,59-27)60-28)116(106-127(117)147-93-73-83-137(61-29,62-30)63-31)97-114-104-122(142-88-68-78-132(46-14,47-15)48-16)112(102-123(114)143-89-69-79-133(49-17,50-18)51-19)95-110-100-118(138-84-64-74-128(34-2,35-3)36-4)108(32)94-119(110)139-85-65-75-129(37-5,38-6)39-7/h94,99-107H,33-93,95-98H2,1-32H3/q+10. The number of benzene rings is 5. The normalized spacial score (nSPS) is 12.8. The van der Waals surface area contributed by atoms with Crippen molar-refractivity contribution in [1.82, 2.24) is 0 Å². The van der Waals surface area contributed by atoms with Crippen molar-refractivity contribution >= 4 is 0 Å². The molecule has 844 valence electrons. The molecule has 20 nitrogen and oxygen atoms in total. The van der Waals surface area contributed by atoms with Gasteiger partial charge in [0.15, 0.2) is 0 Å². The molecule has 0 heterocycles. The number of ether oxygens (including phenoxy) is 10. The molecule has 5 rings (SSSR count). The maximum Gasteiger partial charge on any atom is 0.123 e. The summed E-state index contributed by atoms with van der Waals surface area (Å²) < 4.78 is 84.8. The van der Waals surface area contributed by atoms with E-state index in [1.54, 1.807) is 0 Å². The van der Waals surface area contributed by atoms with E-state index in [-0.39, 0.29) is 0 Å². The number of hydrogen-bond acceptors (Lipinski definition) is 10. The molecular formula is C127H236N10O10+10. The number of rotatable bonds is 89. The molecule has 0 saturated heterocycles. The van der Waals surface area contributed by atoms with Crippen LogP contribution in [0, 0.1) is 6.92 Å². The fourth-order valence-electron chi connectivity index (χ4n) is 24.1. The van der Waals surface area contributed by atoms with Crippen LogP contribution < -0.4 is 47.4 Å². The van der Waals surface area contributed by atoms with Gasteiger partial charge in [0.05, 0.1) is 328 Å². The van der Waals surface area contributed by atoms with Gasteiger partial charge in [-0.15, -0.1) is 0 Å². The molecule has 0 bridgehead atoms. The Labute approximate surface area is 906 Å². The van der Waals surface area contributed by atoms with E-state index in [2.05, 4.69) is 282 Å². The highest BCUT2D eigenvalue weighted by Gasteiger charge is 2.33. The van der Waals surface area contributed by atoms with Crippen LogP contribution in [0.3, 0.4) is 0 Å². The van der Waals surface area contributed by atoms with Crippen molar-refractivity contribution in [3.8, 4) is 57.5 Å². The highest BCUT2D eigenvalue weighted by molar-refractivity contribution is 5.59. The molecule has 0 aliphatic rings. The lowest BCUT2D eigenvalue weighted by atomic mass is 9.94. The Kier molecular flexibility index (Phi) is 60.7. The average Bonchev–Trinajstić information content (AvgIpc) is 0.785. The van der Waals surface area contributed by atoms with Gasteiger partial charge >= 0.3 is 0 Å². The lowest BCUT2D eigenvalue weighted by Gasteiger charge is -2.36. The van der Waals surface area contributed by atoms with E-state index in [1.807, 2.05) is 0 Å². The maximum absolute atomic E-state index is 7.67. The van der Waals surface area contributed by atoms with E-state index in [0.29, 0.717) is 91.8 Å². The van der Waals surface area contributed by atoms with Gasteiger partial charge in [0.1, 0.15) is 57.5 Å². The van der Waals surface area contributed by atoms with Gasteiger partial charge in [-0.05, 0) is 293 Å². The van der Waals surface area contributed by atoms with Crippen molar-refractivity contribution in [2.24, 2.45) is 0 Å². The van der Waals surface area contributed by atoms with Gasteiger partial charge in [-0.3, -0.25) is 0 Å². The summed E-state index contributed by atoms with van der Waals surface area (Å²) in [5.41, 5.74) is 10.9. The summed E-state index contributed by atoms with van der Waals surface area (Å²) in [4.78, 5) is 0. The summed E-state index contributed by atoms with van der Waals surface area (Å²) in [5, 5.41) is 0. The molecule has 5 aromatic carbocycles. The van der Waals surface area contributed by atoms with Crippen LogP contribution >= 0.6 is 0 Å². The van der Waals surface area contributed by atoms with Crippen molar-refractivity contribution in [3.05, 3.63) is 116 Å². The summed E-state index contributed by atoms with van der Waals surface area (Å²) >= 11 is 0. The predicted octanol–water partition coefficient (Wildman–Crippen LogP) is 25.4. The van der Waals surface area contributed by atoms with Gasteiger partial charge in [0, 0.05) is 134 Å². The Bertz CT molecular complexity index is 4270. The first kappa shape index (κ1) is 131. The Morgan fingerprint density at radius 1 is 0.136 bits per heavy atom. The zero-order valence-corrected chi connectivity index (χ0v) is 102. The molecule has 147 heavy (non-hydrogen) atoms. The van der Waals surface area contributed by atoms with E-state index in [0.717, 1.165) is 485 Å². The van der Waals surface area contributed by atoms with Crippen LogP contribution in [-0.2, 0) is 32.1 Å². The Morgan fingerprint density at radius 3 is 0.361 bits per heavy atom. The second kappa shape index (κ2) is 68.1. The third-order valence-electron chi connectivity index (χ3n) is 38.7. The van der Waals surface area contributed by atoms with Gasteiger partial charge < -0.3 is 92.2 Å². The zero-order valence-electron chi connectivity index (χ0n) is 102. The van der Waals surface area contributed by atoms with E-state index in [4.69, 9.17) is 47.4 Å². The van der Waals surface area contributed by atoms with Crippen LogP contribution in [0.15, 0.2) is 60.7 Å². The van der Waals surface area contributed by atoms with E-state index >= 15 is 0 Å². The highest BCUT2D eigenvalue weighted by Crippen LogP contribution is 2.44. The predicted molar refractivity (Wildman–Crippen MR) is 626 cm³/mol. The molecule has 0 aliphatic heterocycles. The van der Waals surface area contributed by atoms with Crippen molar-refractivity contribution in [2.75, 3.05) is 328 Å². The molecule has 0 aliphatic carbocycles. The molecule has 20 heteroatoms. The van der Waals surface area contributed by atoms with Crippen LogP contribution in [0.5, 0.6) is 57.5 Å². The molecule has 0 amide bonds. The Morgan fingerprint density at radius 2 is 0.238 bits per heavy atom. The molecule has 0 radical (unpaired) electrons. The monoisotopic (exact) mass is 2060 g/mol. The molecule has 0 fully saturated rings. The van der Waals surface area contributed by atoms with Gasteiger partial charge in [-0.2, -0.15) is 0 Å². The molecule has 0 spiro atoms. The second-order valence-corrected chi connectivity index (χ2v) is 43.7. The molecular weight excluding hydrogens is 1830 g/mol. The quantitative estimate of drug-likeness (QED) is 0.0277. The smallest absolute Gasteiger partial charge is 0.123 e. The summed E-state index contributed by atoms with van der Waals surface area (Å²) in [6, 6.07) is 23.5. The average molecular weight is 2060 g/mol. The Balaban J connectivity index is 2.05. The van der Waals surface area contributed by atoms with E-state index in [9.17, 15) is 0 Å². The van der Waals surface area contributed by atoms with Crippen LogP contribution in [0.1, 0.15) is 334 Å². The fraction of sp³-hybridized carbons (Fsp3) is 0.764. The lowest BCUT2D eigenvalue weighted by molar-refractivity contribution is -0.923. The maximum atomic E-state index is 7.67. The number of nitrogens with zero attached hydrogens (tertiary/aromatic N) is 10. The first-order valence-electron chi connectivity index (χ1n) is 61.5. The summed E-state index contributed by atoms with van der Waals surface area (Å²) in [5.74, 6) is 8.93. The van der Waals surface area contributed by atoms with Crippen molar-refractivity contribution in [2.45, 2.75) is 318 Å². The number of aryl methyl sites for hydroxylation is 2. The van der Waals surface area contributed by atoms with Crippen LogP contribution in [0.4, 0.5) is 0 Å². The zero-order chi connectivity index (χ0) is 109. The molecule has 0 aromatic heterocycles. The van der Waals surface area contributed by atoms with Gasteiger partial charge in [0.2, 0.25) is 0 Å². The van der Waals surface area contributed by atoms with Crippen LogP contribution in [-0.4, -0.2) is 373 Å². The van der Waals surface area contributed by atoms with Gasteiger partial charge in [-0.1, -0.05) is 6.92 Å². The SMILES string of the molecule is CCc1cc(OCCC[N+](CC)(CC)CC)c(Cc2cc(OCCC[N+](CC)(CC)CC)c(Cc3cc(OCCC[N+](CC)(CC)CC)c(Cc4cc(OCCC[N+](CC)(CC)CC)c(Cc5cc(OCCC[N+](CC)(CC)CC)c(C)cc5OCCC[N+](CC)(CC)CC)cc4OCCC[N+](CC)(CC)CC)cc3OCCC[N+](CC)(CC)CC)cc2OCCC[N+](CC)(CC)CC)cc1OCCC[N+](CC)(CC)CC. The minimum absolute atomic E-state index is 0.504. The molecule has 5 aromatic rings. The summed E-state index contributed by atoms with van der Waals surface area (Å²) in [6.45, 7) is 124. The molecule has 0 unspecified atom stereocenters. The first-order chi connectivity index (χ1) is 70.9. The van der Waals surface area contributed by atoms with Crippen molar-refractivity contribution in [3.63, 3.8) is 0 Å². The first-order valence-corrected chi connectivity index (χ1v) is 61.5. The minimum atomic E-state index is 0.504. The van der Waals surface area contributed by atoms with Gasteiger partial charge in [0.25, 0.3) is 0 Å². The molecule has 0 atom stereocenters. The number of quaternary nitrogens is 10. The molecule has 0 N–H and O–H groups in total. The van der Waals surface area contributed by atoms with E-state index in [1.165, 1.54) is 5.56 Å². The summed E-state index contributed by atoms with van der Waals surface area (Å²) in [7, 11) is 0. The number of hydrogen-bond donors (Lipinski definition) is 0. The Hall–Kier alpha value is -6.30. The van der Waals surface area contributed by atoms with Crippen LogP contribution in [0.2, 0.25) is 0 Å². The fourth-order valence-corrected chi connectivity index (χ4v) is 24.1. The van der Waals surface area contributed by atoms with Crippen LogP contribution in [0.25, 0.3) is 0 Å². The largest absolute Gasteiger partial charge is 0.493 e. The third kappa shape index (κ3) is 38.7. The topological polar surface area (TPSA) is 92.3 Å². The van der Waals surface area contributed by atoms with E-state index < -0.39 is 0 Å². The van der Waals surface area contributed by atoms with Crippen molar-refractivity contribution in [1.29, 1.82) is 0 Å². The third-order valence-corrected chi connectivity index (χ3v) is 38.7. The van der Waals surface area contributed by atoms with Gasteiger partial charge in [-0.25, -0.2) is 0 Å². The summed E-state index contributed by atoms with van der Waals surface area (Å²) in [6.07, 6.45) is 12.3. The minimum Gasteiger partial charge on any atom is -0.493 e.